The van der Waals surface area contributed by atoms with Gasteiger partial charge in [0, 0.05) is 6.04 Å². The highest BCUT2D eigenvalue weighted by molar-refractivity contribution is 7.89. The van der Waals surface area contributed by atoms with Crippen molar-refractivity contribution >= 4 is 16.0 Å². The van der Waals surface area contributed by atoms with E-state index in [1.807, 2.05) is 39.0 Å². The third-order valence-electron chi connectivity index (χ3n) is 4.78. The van der Waals surface area contributed by atoms with Crippen LogP contribution in [-0.4, -0.2) is 32.1 Å². The standard InChI is InChI=1S/C21H25NO5S/c1-21(2,3)18-6-4-5-7-19(18)28(25,26)22-16-10-14-8-9-17(12-15(14)11-16)27-13-20(23)24/h4-9,12,16,22H,10-11,13H2,1-3H3,(H,23,24). The number of carbonyl (C=O) groups is 1. The van der Waals surface area contributed by atoms with Crippen molar-refractivity contribution in [1.82, 2.24) is 4.72 Å². The second kappa shape index (κ2) is 7.56. The molecule has 0 bridgehead atoms. The van der Waals surface area contributed by atoms with Crippen molar-refractivity contribution in [3.8, 4) is 5.75 Å². The van der Waals surface area contributed by atoms with E-state index in [4.69, 9.17) is 9.84 Å². The summed E-state index contributed by atoms with van der Waals surface area (Å²) in [7, 11) is -3.67. The first-order valence-corrected chi connectivity index (χ1v) is 10.6. The van der Waals surface area contributed by atoms with E-state index in [9.17, 15) is 13.2 Å². The Kier molecular flexibility index (Phi) is 5.50. The van der Waals surface area contributed by atoms with Gasteiger partial charge in [-0.1, -0.05) is 45.0 Å². The number of fused-ring (bicyclic) bond motifs is 1. The van der Waals surface area contributed by atoms with E-state index >= 15 is 0 Å². The molecule has 150 valence electrons. The summed E-state index contributed by atoms with van der Waals surface area (Å²) >= 11 is 0. The van der Waals surface area contributed by atoms with Gasteiger partial charge in [-0.2, -0.15) is 0 Å². The lowest BCUT2D eigenvalue weighted by Crippen LogP contribution is -2.36. The zero-order valence-electron chi connectivity index (χ0n) is 16.2. The van der Waals surface area contributed by atoms with Gasteiger partial charge in [0.25, 0.3) is 0 Å². The van der Waals surface area contributed by atoms with Crippen LogP contribution in [0, 0.1) is 0 Å². The number of carboxylic acids is 1. The number of hydrogen-bond donors (Lipinski definition) is 2. The molecule has 0 aromatic heterocycles. The lowest BCUT2D eigenvalue weighted by Gasteiger charge is -2.23. The SMILES string of the molecule is CC(C)(C)c1ccccc1S(=O)(=O)NC1Cc2ccc(OCC(=O)O)cc2C1. The number of ether oxygens (including phenoxy) is 1. The minimum Gasteiger partial charge on any atom is -0.482 e. The van der Waals surface area contributed by atoms with Gasteiger partial charge in [0.2, 0.25) is 10.0 Å². The summed E-state index contributed by atoms with van der Waals surface area (Å²) in [6.07, 6.45) is 1.13. The van der Waals surface area contributed by atoms with Crippen LogP contribution in [-0.2, 0) is 33.1 Å². The second-order valence-corrected chi connectivity index (χ2v) is 9.77. The lowest BCUT2D eigenvalue weighted by molar-refractivity contribution is -0.139. The molecule has 1 atom stereocenters. The fourth-order valence-corrected chi connectivity index (χ4v) is 5.17. The van der Waals surface area contributed by atoms with Crippen LogP contribution < -0.4 is 9.46 Å². The molecule has 0 heterocycles. The number of aliphatic carboxylic acids is 1. The normalized spacial score (nSPS) is 16.6. The van der Waals surface area contributed by atoms with Crippen molar-refractivity contribution in [2.45, 2.75) is 50.0 Å². The van der Waals surface area contributed by atoms with Crippen molar-refractivity contribution < 1.29 is 23.1 Å². The Morgan fingerprint density at radius 1 is 1.14 bits per heavy atom. The zero-order valence-corrected chi connectivity index (χ0v) is 17.0. The maximum Gasteiger partial charge on any atom is 0.341 e. The van der Waals surface area contributed by atoms with Gasteiger partial charge in [-0.05, 0) is 53.1 Å². The molecular weight excluding hydrogens is 378 g/mol. The van der Waals surface area contributed by atoms with Crippen LogP contribution in [0.5, 0.6) is 5.75 Å². The molecule has 0 radical (unpaired) electrons. The predicted molar refractivity (Wildman–Crippen MR) is 106 cm³/mol. The number of rotatable bonds is 6. The summed E-state index contributed by atoms with van der Waals surface area (Å²) < 4.78 is 34.2. The largest absolute Gasteiger partial charge is 0.482 e. The van der Waals surface area contributed by atoms with Gasteiger partial charge >= 0.3 is 5.97 Å². The van der Waals surface area contributed by atoms with Crippen LogP contribution in [0.3, 0.4) is 0 Å². The van der Waals surface area contributed by atoms with E-state index in [1.165, 1.54) is 0 Å². The molecule has 2 aromatic carbocycles. The average molecular weight is 404 g/mol. The molecule has 0 amide bonds. The van der Waals surface area contributed by atoms with E-state index in [-0.39, 0.29) is 11.5 Å². The zero-order chi connectivity index (χ0) is 20.5. The van der Waals surface area contributed by atoms with Crippen molar-refractivity contribution in [2.75, 3.05) is 6.61 Å². The van der Waals surface area contributed by atoms with Gasteiger partial charge in [-0.15, -0.1) is 0 Å². The van der Waals surface area contributed by atoms with Gasteiger partial charge in [-0.3, -0.25) is 0 Å². The molecule has 2 N–H and O–H groups in total. The van der Waals surface area contributed by atoms with Crippen molar-refractivity contribution in [3.63, 3.8) is 0 Å². The van der Waals surface area contributed by atoms with E-state index in [2.05, 4.69) is 4.72 Å². The third kappa shape index (κ3) is 4.54. The van der Waals surface area contributed by atoms with Crippen LogP contribution in [0.15, 0.2) is 47.4 Å². The monoisotopic (exact) mass is 403 g/mol. The molecule has 1 unspecified atom stereocenters. The van der Waals surface area contributed by atoms with Gasteiger partial charge in [0.15, 0.2) is 6.61 Å². The first-order chi connectivity index (χ1) is 13.1. The first kappa shape index (κ1) is 20.4. The Morgan fingerprint density at radius 3 is 2.50 bits per heavy atom. The van der Waals surface area contributed by atoms with Gasteiger partial charge in [0.1, 0.15) is 5.75 Å². The topological polar surface area (TPSA) is 92.7 Å². The Balaban J connectivity index is 1.77. The molecule has 2 aromatic rings. The van der Waals surface area contributed by atoms with Crippen LogP contribution in [0.2, 0.25) is 0 Å². The molecule has 1 aliphatic rings. The summed E-state index contributed by atoms with van der Waals surface area (Å²) in [5.74, 6) is -0.564. The molecule has 0 aliphatic heterocycles. The number of sulfonamides is 1. The molecule has 1 aliphatic carbocycles. The Bertz CT molecular complexity index is 992. The average Bonchev–Trinajstić information content (AvgIpc) is 2.99. The fourth-order valence-electron chi connectivity index (χ4n) is 3.52. The smallest absolute Gasteiger partial charge is 0.341 e. The Hall–Kier alpha value is -2.38. The maximum absolute atomic E-state index is 13.1. The number of nitrogens with one attached hydrogen (secondary N) is 1. The fraction of sp³-hybridized carbons (Fsp3) is 0.381. The van der Waals surface area contributed by atoms with Gasteiger partial charge in [-0.25, -0.2) is 17.9 Å². The number of carboxylic acid groups (broad SMARTS) is 1. The highest BCUT2D eigenvalue weighted by Gasteiger charge is 2.30. The summed E-state index contributed by atoms with van der Waals surface area (Å²) in [6, 6.07) is 12.2. The minimum absolute atomic E-state index is 0.247. The van der Waals surface area contributed by atoms with Crippen molar-refractivity contribution in [2.24, 2.45) is 0 Å². The van der Waals surface area contributed by atoms with E-state index in [1.54, 1.807) is 24.3 Å². The summed E-state index contributed by atoms with van der Waals surface area (Å²) in [5.41, 5.74) is 2.50. The van der Waals surface area contributed by atoms with Crippen molar-refractivity contribution in [3.05, 3.63) is 59.2 Å². The highest BCUT2D eigenvalue weighted by atomic mass is 32.2. The molecule has 0 saturated heterocycles. The van der Waals surface area contributed by atoms with E-state index < -0.39 is 22.6 Å². The molecule has 0 fully saturated rings. The van der Waals surface area contributed by atoms with Crippen LogP contribution in [0.25, 0.3) is 0 Å². The van der Waals surface area contributed by atoms with E-state index in [0.29, 0.717) is 23.5 Å². The number of hydrogen-bond acceptors (Lipinski definition) is 4. The molecule has 6 nitrogen and oxygen atoms in total. The van der Waals surface area contributed by atoms with Gasteiger partial charge < -0.3 is 9.84 Å². The van der Waals surface area contributed by atoms with Crippen LogP contribution in [0.1, 0.15) is 37.5 Å². The Labute approximate surface area is 165 Å². The highest BCUT2D eigenvalue weighted by Crippen LogP contribution is 2.31. The summed E-state index contributed by atoms with van der Waals surface area (Å²) in [4.78, 5) is 11.0. The molecule has 28 heavy (non-hydrogen) atoms. The summed E-state index contributed by atoms with van der Waals surface area (Å²) in [5, 5.41) is 8.72. The van der Waals surface area contributed by atoms with Gasteiger partial charge in [0.05, 0.1) is 4.90 Å². The second-order valence-electron chi connectivity index (χ2n) is 8.09. The lowest BCUT2D eigenvalue weighted by atomic mass is 9.87. The minimum atomic E-state index is -3.67. The molecule has 0 spiro atoms. The molecule has 7 heteroatoms. The summed E-state index contributed by atoms with van der Waals surface area (Å²) in [6.45, 7) is 5.57. The molecule has 3 rings (SSSR count). The Morgan fingerprint density at radius 2 is 1.82 bits per heavy atom. The number of benzene rings is 2. The molecule has 0 saturated carbocycles. The maximum atomic E-state index is 13.1. The van der Waals surface area contributed by atoms with Crippen molar-refractivity contribution in [1.29, 1.82) is 0 Å². The third-order valence-corrected chi connectivity index (χ3v) is 6.36. The van der Waals surface area contributed by atoms with E-state index in [0.717, 1.165) is 16.7 Å². The quantitative estimate of drug-likeness (QED) is 0.774. The van der Waals surface area contributed by atoms with Crippen LogP contribution in [0.4, 0.5) is 0 Å². The molecular formula is C21H25NO5S. The van der Waals surface area contributed by atoms with Crippen LogP contribution >= 0.6 is 0 Å². The first-order valence-electron chi connectivity index (χ1n) is 9.14. The predicted octanol–water partition coefficient (Wildman–Crippen LogP) is 2.89.